The molecule has 8 nitrogen and oxygen atoms in total. The van der Waals surface area contributed by atoms with Gasteiger partial charge in [-0.1, -0.05) is 0 Å². The number of carbonyl (C=O) groups is 2. The second-order valence-corrected chi connectivity index (χ2v) is 6.74. The Morgan fingerprint density at radius 1 is 1.03 bits per heavy atom. The van der Waals surface area contributed by atoms with E-state index in [-0.39, 0.29) is 5.91 Å². The molecule has 0 fully saturated rings. The minimum Gasteiger partial charge on any atom is -0.497 e. The number of hydrogen-bond acceptors (Lipinski definition) is 6. The molecule has 0 aliphatic rings. The number of nitrogens with zero attached hydrogens (tertiary/aromatic N) is 1. The molecular formula is C20H22BrN3O5. The van der Waals surface area contributed by atoms with Crippen LogP contribution in [0.2, 0.25) is 0 Å². The lowest BCUT2D eigenvalue weighted by Crippen LogP contribution is -2.43. The van der Waals surface area contributed by atoms with Crippen molar-refractivity contribution in [3.05, 3.63) is 52.0 Å². The van der Waals surface area contributed by atoms with Crippen LogP contribution < -0.4 is 25.0 Å². The zero-order valence-corrected chi connectivity index (χ0v) is 18.1. The zero-order valence-electron chi connectivity index (χ0n) is 16.5. The molecule has 0 saturated carbocycles. The van der Waals surface area contributed by atoms with Crippen LogP contribution in [0.5, 0.6) is 17.2 Å². The van der Waals surface area contributed by atoms with Crippen molar-refractivity contribution in [1.82, 2.24) is 10.7 Å². The molecular weight excluding hydrogens is 442 g/mol. The van der Waals surface area contributed by atoms with Crippen molar-refractivity contribution in [3.63, 3.8) is 0 Å². The van der Waals surface area contributed by atoms with E-state index < -0.39 is 11.9 Å². The van der Waals surface area contributed by atoms with E-state index in [2.05, 4.69) is 31.8 Å². The zero-order chi connectivity index (χ0) is 21.4. The standard InChI is InChI=1S/C20H22BrN3O5/c1-12(23-20(26)13-5-7-15(27-2)8-6-13)19(25)24-22-11-14-9-17(28-3)18(29-4)10-16(14)21/h5-12H,1-4H3,(H,23,26)(H,24,25). The highest BCUT2D eigenvalue weighted by Gasteiger charge is 2.16. The largest absolute Gasteiger partial charge is 0.497 e. The first-order valence-corrected chi connectivity index (χ1v) is 9.38. The molecule has 1 unspecified atom stereocenters. The highest BCUT2D eigenvalue weighted by atomic mass is 79.9. The van der Waals surface area contributed by atoms with Crippen LogP contribution in [0.25, 0.3) is 0 Å². The van der Waals surface area contributed by atoms with E-state index >= 15 is 0 Å². The Bertz CT molecular complexity index is 900. The molecule has 0 aromatic heterocycles. The molecule has 0 spiro atoms. The molecule has 0 radical (unpaired) electrons. The number of rotatable bonds is 8. The van der Waals surface area contributed by atoms with Crippen LogP contribution >= 0.6 is 15.9 Å². The molecule has 29 heavy (non-hydrogen) atoms. The summed E-state index contributed by atoms with van der Waals surface area (Å²) in [6, 6.07) is 9.25. The lowest BCUT2D eigenvalue weighted by molar-refractivity contribution is -0.122. The summed E-state index contributed by atoms with van der Waals surface area (Å²) in [7, 11) is 4.62. The van der Waals surface area contributed by atoms with E-state index in [1.807, 2.05) is 0 Å². The Hall–Kier alpha value is -3.07. The molecule has 9 heteroatoms. The summed E-state index contributed by atoms with van der Waals surface area (Å²) in [5.41, 5.74) is 3.50. The lowest BCUT2D eigenvalue weighted by Gasteiger charge is -2.12. The molecule has 154 valence electrons. The van der Waals surface area contributed by atoms with Gasteiger partial charge in [-0.25, -0.2) is 5.43 Å². The average molecular weight is 464 g/mol. The molecule has 2 amide bonds. The van der Waals surface area contributed by atoms with Gasteiger partial charge in [0.25, 0.3) is 11.8 Å². The van der Waals surface area contributed by atoms with Crippen LogP contribution in [-0.2, 0) is 4.79 Å². The van der Waals surface area contributed by atoms with E-state index in [9.17, 15) is 9.59 Å². The van der Waals surface area contributed by atoms with Gasteiger partial charge >= 0.3 is 0 Å². The van der Waals surface area contributed by atoms with Crippen molar-refractivity contribution >= 4 is 34.0 Å². The summed E-state index contributed by atoms with van der Waals surface area (Å²) in [6.07, 6.45) is 1.46. The predicted molar refractivity (Wildman–Crippen MR) is 113 cm³/mol. The molecule has 0 aliphatic heterocycles. The van der Waals surface area contributed by atoms with Gasteiger partial charge in [-0.15, -0.1) is 0 Å². The molecule has 1 atom stereocenters. The van der Waals surface area contributed by atoms with Gasteiger partial charge < -0.3 is 19.5 Å². The molecule has 2 N–H and O–H groups in total. The Morgan fingerprint density at radius 2 is 1.66 bits per heavy atom. The number of nitrogens with one attached hydrogen (secondary N) is 2. The fraction of sp³-hybridized carbons (Fsp3) is 0.250. The Balaban J connectivity index is 1.96. The molecule has 0 saturated heterocycles. The monoisotopic (exact) mass is 463 g/mol. The van der Waals surface area contributed by atoms with Gasteiger partial charge in [-0.3, -0.25) is 9.59 Å². The predicted octanol–water partition coefficient (Wildman–Crippen LogP) is 2.74. The van der Waals surface area contributed by atoms with Gasteiger partial charge in [0.15, 0.2) is 11.5 Å². The number of amides is 2. The summed E-state index contributed by atoms with van der Waals surface area (Å²) in [4.78, 5) is 24.4. The summed E-state index contributed by atoms with van der Waals surface area (Å²) in [5.74, 6) is 0.906. The van der Waals surface area contributed by atoms with Crippen LogP contribution in [0.15, 0.2) is 46.0 Å². The van der Waals surface area contributed by atoms with Crippen molar-refractivity contribution in [3.8, 4) is 17.2 Å². The van der Waals surface area contributed by atoms with E-state index in [0.717, 1.165) is 0 Å². The van der Waals surface area contributed by atoms with Crippen molar-refractivity contribution in [2.75, 3.05) is 21.3 Å². The first-order valence-electron chi connectivity index (χ1n) is 8.59. The van der Waals surface area contributed by atoms with Gasteiger partial charge in [-0.05, 0) is 59.3 Å². The Morgan fingerprint density at radius 3 is 2.24 bits per heavy atom. The summed E-state index contributed by atoms with van der Waals surface area (Å²) >= 11 is 3.41. The molecule has 0 aliphatic carbocycles. The van der Waals surface area contributed by atoms with Crippen molar-refractivity contribution in [2.24, 2.45) is 5.10 Å². The maximum Gasteiger partial charge on any atom is 0.262 e. The number of benzene rings is 2. The van der Waals surface area contributed by atoms with Crippen LogP contribution in [0.1, 0.15) is 22.8 Å². The third-order valence-electron chi connectivity index (χ3n) is 3.97. The molecule has 2 rings (SSSR count). The number of methoxy groups -OCH3 is 3. The fourth-order valence-electron chi connectivity index (χ4n) is 2.32. The van der Waals surface area contributed by atoms with Crippen LogP contribution in [0.3, 0.4) is 0 Å². The summed E-state index contributed by atoms with van der Waals surface area (Å²) in [6.45, 7) is 1.57. The van der Waals surface area contributed by atoms with Gasteiger partial charge in [-0.2, -0.15) is 5.10 Å². The van der Waals surface area contributed by atoms with Crippen molar-refractivity contribution in [1.29, 1.82) is 0 Å². The van der Waals surface area contributed by atoms with E-state index in [1.54, 1.807) is 57.5 Å². The van der Waals surface area contributed by atoms with Gasteiger partial charge in [0.1, 0.15) is 11.8 Å². The number of ether oxygens (including phenoxy) is 3. The van der Waals surface area contributed by atoms with E-state index in [0.29, 0.717) is 32.8 Å². The lowest BCUT2D eigenvalue weighted by atomic mass is 10.2. The fourth-order valence-corrected chi connectivity index (χ4v) is 2.74. The Labute approximate surface area is 177 Å². The first-order chi connectivity index (χ1) is 13.9. The Kier molecular flexibility index (Phi) is 8.02. The normalized spacial score (nSPS) is 11.6. The number of halogens is 1. The summed E-state index contributed by atoms with van der Waals surface area (Å²) in [5, 5.41) is 6.55. The maximum absolute atomic E-state index is 12.2. The smallest absolute Gasteiger partial charge is 0.262 e. The number of hydrogen-bond donors (Lipinski definition) is 2. The van der Waals surface area contributed by atoms with Crippen LogP contribution in [0, 0.1) is 0 Å². The van der Waals surface area contributed by atoms with Gasteiger partial charge in [0, 0.05) is 15.6 Å². The van der Waals surface area contributed by atoms with Gasteiger partial charge in [0.05, 0.1) is 27.5 Å². The van der Waals surface area contributed by atoms with Crippen LogP contribution in [0.4, 0.5) is 0 Å². The third-order valence-corrected chi connectivity index (χ3v) is 4.66. The summed E-state index contributed by atoms with van der Waals surface area (Å²) < 4.78 is 16.2. The van der Waals surface area contributed by atoms with Crippen LogP contribution in [-0.4, -0.2) is 45.4 Å². The third kappa shape index (κ3) is 5.95. The molecule has 0 bridgehead atoms. The average Bonchev–Trinajstić information content (AvgIpc) is 2.74. The SMILES string of the molecule is COc1ccc(C(=O)NC(C)C(=O)NN=Cc2cc(OC)c(OC)cc2Br)cc1. The topological polar surface area (TPSA) is 98.2 Å². The highest BCUT2D eigenvalue weighted by Crippen LogP contribution is 2.32. The van der Waals surface area contributed by atoms with Crippen molar-refractivity contribution in [2.45, 2.75) is 13.0 Å². The van der Waals surface area contributed by atoms with E-state index in [4.69, 9.17) is 14.2 Å². The second-order valence-electron chi connectivity index (χ2n) is 5.89. The molecule has 0 heterocycles. The molecule has 2 aromatic rings. The maximum atomic E-state index is 12.2. The number of hydrazone groups is 1. The minimum absolute atomic E-state index is 0.373. The van der Waals surface area contributed by atoms with Gasteiger partial charge in [0.2, 0.25) is 0 Å². The minimum atomic E-state index is -0.782. The second kappa shape index (κ2) is 10.5. The molecule has 2 aromatic carbocycles. The van der Waals surface area contributed by atoms with E-state index in [1.165, 1.54) is 13.3 Å². The van der Waals surface area contributed by atoms with Crippen molar-refractivity contribution < 1.29 is 23.8 Å². The quantitative estimate of drug-likeness (QED) is 0.463. The first kappa shape index (κ1) is 22.2. The number of carbonyl (C=O) groups excluding carboxylic acids is 2. The highest BCUT2D eigenvalue weighted by molar-refractivity contribution is 9.10.